The molecule has 0 aromatic rings. The molecule has 1 unspecified atom stereocenters. The highest BCUT2D eigenvalue weighted by atomic mass is 16.6. The molecule has 0 saturated carbocycles. The van der Waals surface area contributed by atoms with E-state index < -0.39 is 10.6 Å². The summed E-state index contributed by atoms with van der Waals surface area (Å²) in [7, 11) is 1.30. The van der Waals surface area contributed by atoms with Crippen LogP contribution < -0.4 is 5.32 Å². The fourth-order valence-electron chi connectivity index (χ4n) is 1.29. The van der Waals surface area contributed by atoms with E-state index in [0.29, 0.717) is 25.3 Å². The van der Waals surface area contributed by atoms with Crippen LogP contribution in [0, 0.1) is 5.21 Å². The lowest BCUT2D eigenvalue weighted by Gasteiger charge is -2.33. The van der Waals surface area contributed by atoms with Gasteiger partial charge in [0, 0.05) is 0 Å². The molecule has 0 radical (unpaired) electrons. The number of nitrogens with one attached hydrogen (secondary N) is 1. The standard InChI is InChI=1S/C8H14N2O3/c1-7(8(11)13-2)5-10(12)4-3-9-6-10/h5,9H,3-4,6H2,1-2H3. The number of ether oxygens (including phenoxy) is 1. The van der Waals surface area contributed by atoms with Crippen LogP contribution in [0.1, 0.15) is 6.92 Å². The van der Waals surface area contributed by atoms with Gasteiger partial charge in [-0.3, -0.25) is 5.32 Å². The Kier molecular flexibility index (Phi) is 3.02. The highest BCUT2D eigenvalue weighted by molar-refractivity contribution is 5.87. The molecule has 0 aliphatic carbocycles. The van der Waals surface area contributed by atoms with E-state index >= 15 is 0 Å². The summed E-state index contributed by atoms with van der Waals surface area (Å²) < 4.78 is 4.01. The Bertz CT molecular complexity index is 232. The van der Waals surface area contributed by atoms with Crippen LogP contribution in [0.5, 0.6) is 0 Å². The molecule has 13 heavy (non-hydrogen) atoms. The summed E-state index contributed by atoms with van der Waals surface area (Å²) in [5.74, 6) is -0.444. The topological polar surface area (TPSA) is 61.4 Å². The van der Waals surface area contributed by atoms with Crippen LogP contribution in [0.2, 0.25) is 0 Å². The van der Waals surface area contributed by atoms with Crippen LogP contribution in [-0.4, -0.2) is 37.5 Å². The lowest BCUT2D eigenvalue weighted by atomic mass is 10.3. The number of hydroxylamine groups is 3. The van der Waals surface area contributed by atoms with E-state index in [1.54, 1.807) is 6.92 Å². The Morgan fingerprint density at radius 2 is 2.38 bits per heavy atom. The SMILES string of the molecule is COC(=O)C(C)=C[N+]1([O-])CCNC1. The second kappa shape index (κ2) is 3.87. The minimum atomic E-state index is -0.485. The van der Waals surface area contributed by atoms with Gasteiger partial charge >= 0.3 is 5.97 Å². The van der Waals surface area contributed by atoms with Gasteiger partial charge in [0.05, 0.1) is 25.8 Å². The second-order valence-corrected chi connectivity index (χ2v) is 3.14. The van der Waals surface area contributed by atoms with Gasteiger partial charge in [0.15, 0.2) is 0 Å². The fourth-order valence-corrected chi connectivity index (χ4v) is 1.29. The Hall–Kier alpha value is -0.910. The maximum atomic E-state index is 11.7. The zero-order chi connectivity index (χ0) is 9.90. The first kappa shape index (κ1) is 10.2. The maximum Gasteiger partial charge on any atom is 0.338 e. The first-order valence-corrected chi connectivity index (χ1v) is 4.14. The molecule has 1 N–H and O–H groups in total. The molecule has 0 aromatic heterocycles. The van der Waals surface area contributed by atoms with Crippen molar-refractivity contribution in [3.8, 4) is 0 Å². The summed E-state index contributed by atoms with van der Waals surface area (Å²) >= 11 is 0. The molecule has 1 aliphatic rings. The van der Waals surface area contributed by atoms with Gasteiger partial charge in [-0.25, -0.2) is 4.79 Å². The molecular formula is C8H14N2O3. The minimum Gasteiger partial charge on any atom is -0.627 e. The molecule has 0 bridgehead atoms. The molecule has 0 amide bonds. The summed E-state index contributed by atoms with van der Waals surface area (Å²) in [5, 5.41) is 14.7. The van der Waals surface area contributed by atoms with Gasteiger partial charge in [-0.15, -0.1) is 0 Å². The number of methoxy groups -OCH3 is 1. The lowest BCUT2D eigenvalue weighted by molar-refractivity contribution is -0.816. The monoisotopic (exact) mass is 186 g/mol. The van der Waals surface area contributed by atoms with Crippen LogP contribution in [-0.2, 0) is 9.53 Å². The van der Waals surface area contributed by atoms with E-state index in [2.05, 4.69) is 10.1 Å². The highest BCUT2D eigenvalue weighted by Crippen LogP contribution is 2.11. The van der Waals surface area contributed by atoms with E-state index in [1.807, 2.05) is 0 Å². The van der Waals surface area contributed by atoms with Crippen molar-refractivity contribution in [2.45, 2.75) is 6.92 Å². The smallest absolute Gasteiger partial charge is 0.338 e. The molecule has 1 saturated heterocycles. The van der Waals surface area contributed by atoms with Gasteiger partial charge in [0.2, 0.25) is 0 Å². The van der Waals surface area contributed by atoms with Crippen LogP contribution >= 0.6 is 0 Å². The summed E-state index contributed by atoms with van der Waals surface area (Å²) in [5.41, 5.74) is 0.362. The molecule has 74 valence electrons. The Balaban J connectivity index is 2.68. The molecule has 0 aromatic carbocycles. The number of quaternary nitrogens is 1. The predicted octanol–water partition coefficient (Wildman–Crippen LogP) is -0.0615. The van der Waals surface area contributed by atoms with Gasteiger partial charge in [0.25, 0.3) is 0 Å². The summed E-state index contributed by atoms with van der Waals surface area (Å²) in [6, 6.07) is 0. The normalized spacial score (nSPS) is 29.0. The van der Waals surface area contributed by atoms with E-state index in [0.717, 1.165) is 0 Å². The predicted molar refractivity (Wildman–Crippen MR) is 47.1 cm³/mol. The van der Waals surface area contributed by atoms with Crippen molar-refractivity contribution in [2.75, 3.05) is 26.9 Å². The van der Waals surface area contributed by atoms with Crippen LogP contribution in [0.4, 0.5) is 0 Å². The Labute approximate surface area is 77.1 Å². The molecule has 0 spiro atoms. The number of hydrogen-bond acceptors (Lipinski definition) is 4. The van der Waals surface area contributed by atoms with Crippen LogP contribution in [0.25, 0.3) is 0 Å². The lowest BCUT2D eigenvalue weighted by Crippen LogP contribution is -2.35. The zero-order valence-corrected chi connectivity index (χ0v) is 7.87. The average Bonchev–Trinajstić information content (AvgIpc) is 2.50. The third-order valence-electron chi connectivity index (χ3n) is 1.98. The number of hydrogen-bond donors (Lipinski definition) is 1. The first-order chi connectivity index (χ1) is 6.07. The molecule has 1 aliphatic heterocycles. The molecule has 1 heterocycles. The number of rotatable bonds is 2. The molecule has 1 fully saturated rings. The second-order valence-electron chi connectivity index (χ2n) is 3.14. The van der Waals surface area contributed by atoms with E-state index in [1.165, 1.54) is 13.3 Å². The van der Waals surface area contributed by atoms with Gasteiger partial charge < -0.3 is 14.6 Å². The fraction of sp³-hybridized carbons (Fsp3) is 0.625. The molecule has 1 atom stereocenters. The van der Waals surface area contributed by atoms with Crippen molar-refractivity contribution in [2.24, 2.45) is 0 Å². The van der Waals surface area contributed by atoms with Crippen molar-refractivity contribution < 1.29 is 14.2 Å². The molecular weight excluding hydrogens is 172 g/mol. The zero-order valence-electron chi connectivity index (χ0n) is 7.87. The van der Waals surface area contributed by atoms with Crippen molar-refractivity contribution in [3.63, 3.8) is 0 Å². The van der Waals surface area contributed by atoms with Gasteiger partial charge in [0.1, 0.15) is 12.9 Å². The van der Waals surface area contributed by atoms with Crippen molar-refractivity contribution in [1.29, 1.82) is 0 Å². The maximum absolute atomic E-state index is 11.7. The average molecular weight is 186 g/mol. The van der Waals surface area contributed by atoms with Crippen LogP contribution in [0.15, 0.2) is 11.8 Å². The highest BCUT2D eigenvalue weighted by Gasteiger charge is 2.21. The van der Waals surface area contributed by atoms with Crippen molar-refractivity contribution in [1.82, 2.24) is 5.32 Å². The quantitative estimate of drug-likeness (QED) is 0.284. The van der Waals surface area contributed by atoms with Gasteiger partial charge in [-0.05, 0) is 6.92 Å². The number of nitrogens with zero attached hydrogens (tertiary/aromatic N) is 1. The molecule has 1 rings (SSSR count). The van der Waals surface area contributed by atoms with E-state index in [-0.39, 0.29) is 0 Å². The van der Waals surface area contributed by atoms with Gasteiger partial charge in [-0.2, -0.15) is 0 Å². The van der Waals surface area contributed by atoms with Crippen molar-refractivity contribution >= 4 is 5.97 Å². The Morgan fingerprint density at radius 1 is 1.69 bits per heavy atom. The number of carbonyl (C=O) groups is 1. The molecule has 5 nitrogen and oxygen atoms in total. The largest absolute Gasteiger partial charge is 0.627 e. The summed E-state index contributed by atoms with van der Waals surface area (Å²) in [6.45, 7) is 3.07. The number of esters is 1. The van der Waals surface area contributed by atoms with Crippen molar-refractivity contribution in [3.05, 3.63) is 17.0 Å². The number of carbonyl (C=O) groups excluding carboxylic acids is 1. The first-order valence-electron chi connectivity index (χ1n) is 4.14. The molecule has 5 heteroatoms. The Morgan fingerprint density at radius 3 is 2.85 bits per heavy atom. The van der Waals surface area contributed by atoms with E-state index in [4.69, 9.17) is 0 Å². The summed E-state index contributed by atoms with van der Waals surface area (Å²) in [6.07, 6.45) is 1.39. The van der Waals surface area contributed by atoms with E-state index in [9.17, 15) is 10.0 Å². The third kappa shape index (κ3) is 2.51. The third-order valence-corrected chi connectivity index (χ3v) is 1.98. The minimum absolute atomic E-state index is 0.328. The summed E-state index contributed by atoms with van der Waals surface area (Å²) in [4.78, 5) is 11.0. The van der Waals surface area contributed by atoms with Crippen LogP contribution in [0.3, 0.4) is 0 Å². The van der Waals surface area contributed by atoms with Gasteiger partial charge in [-0.1, -0.05) is 0 Å².